The lowest BCUT2D eigenvalue weighted by Gasteiger charge is -2.35. The van der Waals surface area contributed by atoms with E-state index in [1.165, 1.54) is 0 Å². The molecule has 0 bridgehead atoms. The smallest absolute Gasteiger partial charge is 0.231 e. The van der Waals surface area contributed by atoms with Crippen LogP contribution in [0.2, 0.25) is 0 Å². The summed E-state index contributed by atoms with van der Waals surface area (Å²) in [6.45, 7) is 2.54. The van der Waals surface area contributed by atoms with Crippen molar-refractivity contribution in [1.82, 2.24) is 4.98 Å². The Kier molecular flexibility index (Phi) is 3.30. The van der Waals surface area contributed by atoms with Crippen molar-refractivity contribution in [3.05, 3.63) is 60.3 Å². The van der Waals surface area contributed by atoms with Crippen LogP contribution in [0.4, 0.5) is 5.69 Å². The maximum Gasteiger partial charge on any atom is 0.231 e. The molecule has 4 rings (SSSR count). The predicted octanol–water partition coefficient (Wildman–Crippen LogP) is 3.52. The lowest BCUT2D eigenvalue weighted by atomic mass is 10.1. The molecule has 2 heterocycles. The molecule has 1 atom stereocenters. The Bertz CT molecular complexity index is 868. The molecule has 1 N–H and O–H groups in total. The van der Waals surface area contributed by atoms with E-state index in [0.717, 1.165) is 27.9 Å². The van der Waals surface area contributed by atoms with Gasteiger partial charge in [0, 0.05) is 17.1 Å². The zero-order valence-corrected chi connectivity index (χ0v) is 13.0. The molecule has 1 aromatic heterocycles. The second-order valence-corrected chi connectivity index (χ2v) is 5.93. The van der Waals surface area contributed by atoms with E-state index in [0.29, 0.717) is 13.0 Å². The molecule has 0 spiro atoms. The minimum absolute atomic E-state index is 0.0302. The van der Waals surface area contributed by atoms with Gasteiger partial charge in [0.15, 0.2) is 0 Å². The number of H-pyrrole nitrogens is 1. The van der Waals surface area contributed by atoms with Crippen molar-refractivity contribution in [1.29, 1.82) is 0 Å². The summed E-state index contributed by atoms with van der Waals surface area (Å²) in [7, 11) is 0. The second kappa shape index (κ2) is 5.47. The van der Waals surface area contributed by atoms with E-state index >= 15 is 0 Å². The van der Waals surface area contributed by atoms with Crippen LogP contribution in [0.15, 0.2) is 54.7 Å². The van der Waals surface area contributed by atoms with Crippen molar-refractivity contribution in [3.63, 3.8) is 0 Å². The molecule has 0 fully saturated rings. The molecular weight excluding hydrogens is 288 g/mol. The van der Waals surface area contributed by atoms with Crippen molar-refractivity contribution < 1.29 is 9.53 Å². The van der Waals surface area contributed by atoms with Crippen molar-refractivity contribution in [3.8, 4) is 5.75 Å². The number of carbonyl (C=O) groups is 1. The molecule has 116 valence electrons. The van der Waals surface area contributed by atoms with Gasteiger partial charge in [0.2, 0.25) is 5.91 Å². The lowest BCUT2D eigenvalue weighted by molar-refractivity contribution is -0.118. The number of benzene rings is 2. The zero-order chi connectivity index (χ0) is 15.8. The maximum absolute atomic E-state index is 12.9. The topological polar surface area (TPSA) is 45.3 Å². The number of anilines is 1. The lowest BCUT2D eigenvalue weighted by Crippen LogP contribution is -2.45. The maximum atomic E-state index is 12.9. The van der Waals surface area contributed by atoms with Gasteiger partial charge in [0.1, 0.15) is 12.4 Å². The first kappa shape index (κ1) is 13.9. The quantitative estimate of drug-likeness (QED) is 0.787. The summed E-state index contributed by atoms with van der Waals surface area (Å²) >= 11 is 0. The SMILES string of the molecule is CC1COc2ccccc2N1C(=O)Cc1c[nH]c2ccccc12. The molecular formula is C19H18N2O2. The Labute approximate surface area is 134 Å². The van der Waals surface area contributed by atoms with Gasteiger partial charge in [-0.05, 0) is 30.7 Å². The van der Waals surface area contributed by atoms with E-state index < -0.39 is 0 Å². The Morgan fingerprint density at radius 1 is 1.22 bits per heavy atom. The standard InChI is InChI=1S/C19H18N2O2/c1-13-12-23-18-9-5-4-8-17(18)21(13)19(22)10-14-11-20-16-7-3-2-6-15(14)16/h2-9,11,13,20H,10,12H2,1H3. The number of amides is 1. The molecule has 0 radical (unpaired) electrons. The summed E-state index contributed by atoms with van der Waals surface area (Å²) in [6.07, 6.45) is 2.31. The monoisotopic (exact) mass is 306 g/mol. The van der Waals surface area contributed by atoms with Gasteiger partial charge in [-0.3, -0.25) is 4.79 Å². The molecule has 1 aliphatic heterocycles. The number of ether oxygens (including phenoxy) is 1. The van der Waals surface area contributed by atoms with Crippen LogP contribution < -0.4 is 9.64 Å². The van der Waals surface area contributed by atoms with Crippen molar-refractivity contribution in [2.75, 3.05) is 11.5 Å². The van der Waals surface area contributed by atoms with Gasteiger partial charge in [-0.25, -0.2) is 0 Å². The molecule has 1 aliphatic rings. The van der Waals surface area contributed by atoms with Crippen LogP contribution in [0.25, 0.3) is 10.9 Å². The van der Waals surface area contributed by atoms with E-state index in [9.17, 15) is 4.79 Å². The fourth-order valence-corrected chi connectivity index (χ4v) is 3.21. The summed E-state index contributed by atoms with van der Waals surface area (Å²) in [5.41, 5.74) is 2.95. The van der Waals surface area contributed by atoms with Crippen LogP contribution in [0.3, 0.4) is 0 Å². The summed E-state index contributed by atoms with van der Waals surface area (Å²) in [6, 6.07) is 15.8. The molecule has 3 aromatic rings. The van der Waals surface area contributed by atoms with Crippen LogP contribution >= 0.6 is 0 Å². The Hall–Kier alpha value is -2.75. The van der Waals surface area contributed by atoms with Gasteiger partial charge >= 0.3 is 0 Å². The normalized spacial score (nSPS) is 16.9. The number of aromatic amines is 1. The minimum atomic E-state index is 0.0302. The first-order valence-electron chi connectivity index (χ1n) is 7.83. The van der Waals surface area contributed by atoms with Crippen molar-refractivity contribution >= 4 is 22.5 Å². The first-order valence-corrected chi connectivity index (χ1v) is 7.83. The fraction of sp³-hybridized carbons (Fsp3) is 0.211. The highest BCUT2D eigenvalue weighted by Gasteiger charge is 2.29. The van der Waals surface area contributed by atoms with E-state index in [-0.39, 0.29) is 11.9 Å². The molecule has 0 aliphatic carbocycles. The minimum Gasteiger partial charge on any atom is -0.489 e. The van der Waals surface area contributed by atoms with E-state index in [2.05, 4.69) is 4.98 Å². The third-order valence-corrected chi connectivity index (χ3v) is 4.33. The molecule has 0 saturated carbocycles. The second-order valence-electron chi connectivity index (χ2n) is 5.93. The molecule has 1 amide bonds. The van der Waals surface area contributed by atoms with Crippen LogP contribution in [0, 0.1) is 0 Å². The molecule has 0 saturated heterocycles. The third kappa shape index (κ3) is 2.36. The number of aromatic nitrogens is 1. The summed E-state index contributed by atoms with van der Waals surface area (Å²) < 4.78 is 5.72. The number of nitrogens with one attached hydrogen (secondary N) is 1. The van der Waals surface area contributed by atoms with E-state index in [1.54, 1.807) is 0 Å². The fourth-order valence-electron chi connectivity index (χ4n) is 3.21. The number of rotatable bonds is 2. The highest BCUT2D eigenvalue weighted by Crippen LogP contribution is 2.34. The molecule has 2 aromatic carbocycles. The van der Waals surface area contributed by atoms with Gasteiger partial charge in [-0.1, -0.05) is 30.3 Å². The molecule has 4 heteroatoms. The van der Waals surface area contributed by atoms with E-state index in [4.69, 9.17) is 4.74 Å². The number of para-hydroxylation sites is 3. The molecule has 4 nitrogen and oxygen atoms in total. The highest BCUT2D eigenvalue weighted by atomic mass is 16.5. The van der Waals surface area contributed by atoms with Gasteiger partial charge in [-0.2, -0.15) is 0 Å². The largest absolute Gasteiger partial charge is 0.489 e. The summed E-state index contributed by atoms with van der Waals surface area (Å²) in [5.74, 6) is 0.871. The average molecular weight is 306 g/mol. The Balaban J connectivity index is 1.67. The zero-order valence-electron chi connectivity index (χ0n) is 13.0. The first-order chi connectivity index (χ1) is 11.2. The van der Waals surface area contributed by atoms with Crippen LogP contribution in [-0.4, -0.2) is 23.5 Å². The Morgan fingerprint density at radius 2 is 2.00 bits per heavy atom. The number of hydrogen-bond donors (Lipinski definition) is 1. The van der Waals surface area contributed by atoms with Crippen LogP contribution in [0.1, 0.15) is 12.5 Å². The number of carbonyl (C=O) groups excluding carboxylic acids is 1. The number of hydrogen-bond acceptors (Lipinski definition) is 2. The summed E-state index contributed by atoms with van der Waals surface area (Å²) in [4.78, 5) is 18.0. The van der Waals surface area contributed by atoms with Crippen LogP contribution in [0.5, 0.6) is 5.75 Å². The predicted molar refractivity (Wildman–Crippen MR) is 90.9 cm³/mol. The van der Waals surface area contributed by atoms with Gasteiger partial charge in [-0.15, -0.1) is 0 Å². The van der Waals surface area contributed by atoms with Crippen molar-refractivity contribution in [2.24, 2.45) is 0 Å². The van der Waals surface area contributed by atoms with Crippen LogP contribution in [-0.2, 0) is 11.2 Å². The number of nitrogens with zero attached hydrogens (tertiary/aromatic N) is 1. The van der Waals surface area contributed by atoms with Crippen molar-refractivity contribution in [2.45, 2.75) is 19.4 Å². The average Bonchev–Trinajstić information content (AvgIpc) is 2.98. The van der Waals surface area contributed by atoms with E-state index in [1.807, 2.05) is 66.6 Å². The Morgan fingerprint density at radius 3 is 2.91 bits per heavy atom. The van der Waals surface area contributed by atoms with Gasteiger partial charge in [0.05, 0.1) is 18.2 Å². The molecule has 23 heavy (non-hydrogen) atoms. The summed E-state index contributed by atoms with van der Waals surface area (Å²) in [5, 5.41) is 1.11. The highest BCUT2D eigenvalue weighted by molar-refractivity contribution is 5.99. The number of fused-ring (bicyclic) bond motifs is 2. The molecule has 1 unspecified atom stereocenters. The third-order valence-electron chi connectivity index (χ3n) is 4.33. The van der Waals surface area contributed by atoms with Gasteiger partial charge in [0.25, 0.3) is 0 Å². The van der Waals surface area contributed by atoms with Gasteiger partial charge < -0.3 is 14.6 Å².